The summed E-state index contributed by atoms with van der Waals surface area (Å²) in [6, 6.07) is 10.5. The Morgan fingerprint density at radius 2 is 1.76 bits per heavy atom. The number of carbonyl (C=O) groups is 1. The molecule has 4 rings (SSSR count). The van der Waals surface area contributed by atoms with Gasteiger partial charge in [0.05, 0.1) is 29.8 Å². The minimum Gasteiger partial charge on any atom is -0.350 e. The lowest BCUT2D eigenvalue weighted by Crippen LogP contribution is -2.31. The van der Waals surface area contributed by atoms with Gasteiger partial charge >= 0.3 is 12.4 Å². The number of anilines is 1. The van der Waals surface area contributed by atoms with Gasteiger partial charge in [0.2, 0.25) is 0 Å². The van der Waals surface area contributed by atoms with Crippen molar-refractivity contribution in [2.75, 3.05) is 11.4 Å². The Kier molecular flexibility index (Phi) is 6.66. The number of nitrogens with one attached hydrogen (secondary N) is 1. The summed E-state index contributed by atoms with van der Waals surface area (Å²) in [5.74, 6) is -1.03. The first kappa shape index (κ1) is 26.1. The van der Waals surface area contributed by atoms with Crippen LogP contribution in [0.15, 0.2) is 42.5 Å². The van der Waals surface area contributed by atoms with Crippen LogP contribution in [0, 0.1) is 18.3 Å². The number of aromatic nitrogens is 2. The van der Waals surface area contributed by atoms with Crippen LogP contribution in [0.1, 0.15) is 56.8 Å². The molecular formula is C25H21F6N5O. The molecule has 1 aromatic heterocycles. The molecule has 0 spiro atoms. The van der Waals surface area contributed by atoms with Gasteiger partial charge in [-0.3, -0.25) is 4.79 Å². The maximum absolute atomic E-state index is 13.9. The summed E-state index contributed by atoms with van der Waals surface area (Å²) in [6.07, 6.45) is -9.42. The van der Waals surface area contributed by atoms with Crippen molar-refractivity contribution in [3.8, 4) is 6.07 Å². The largest absolute Gasteiger partial charge is 0.436 e. The number of fused-ring (bicyclic) bond motifs is 1. The van der Waals surface area contributed by atoms with Crippen molar-refractivity contribution in [3.63, 3.8) is 0 Å². The van der Waals surface area contributed by atoms with E-state index in [-0.39, 0.29) is 25.5 Å². The van der Waals surface area contributed by atoms with E-state index in [1.807, 2.05) is 6.07 Å². The normalized spacial score (nSPS) is 14.3. The third kappa shape index (κ3) is 5.26. The maximum atomic E-state index is 13.9. The zero-order valence-electron chi connectivity index (χ0n) is 19.7. The molecular weight excluding hydrogens is 500 g/mol. The molecule has 1 amide bonds. The summed E-state index contributed by atoms with van der Waals surface area (Å²) in [6.45, 7) is 3.62. The molecule has 12 heteroatoms. The Balaban J connectivity index is 1.64. The van der Waals surface area contributed by atoms with Gasteiger partial charge in [0.15, 0.2) is 5.69 Å². The van der Waals surface area contributed by atoms with Crippen LogP contribution < -0.4 is 10.2 Å². The summed E-state index contributed by atoms with van der Waals surface area (Å²) in [7, 11) is 0. The van der Waals surface area contributed by atoms with Crippen LogP contribution in [-0.4, -0.2) is 22.2 Å². The second-order valence-electron chi connectivity index (χ2n) is 8.77. The van der Waals surface area contributed by atoms with E-state index < -0.39 is 41.1 Å². The highest BCUT2D eigenvalue weighted by atomic mass is 19.4. The number of hydrogen-bond acceptors (Lipinski definition) is 4. The Labute approximate surface area is 208 Å². The van der Waals surface area contributed by atoms with Gasteiger partial charge < -0.3 is 10.2 Å². The topological polar surface area (TPSA) is 74.0 Å². The number of carbonyl (C=O) groups excluding carboxylic acids is 1. The summed E-state index contributed by atoms with van der Waals surface area (Å²) in [4.78, 5) is 14.7. The molecule has 0 unspecified atom stereocenters. The number of hydrogen-bond donors (Lipinski definition) is 1. The molecule has 2 heterocycles. The summed E-state index contributed by atoms with van der Waals surface area (Å²) in [5.41, 5.74) is -0.683. The average molecular weight is 521 g/mol. The number of nitriles is 1. The molecule has 0 fully saturated rings. The van der Waals surface area contributed by atoms with Gasteiger partial charge in [-0.15, -0.1) is 0 Å². The van der Waals surface area contributed by atoms with E-state index in [0.29, 0.717) is 22.3 Å². The molecule has 1 N–H and O–H groups in total. The molecule has 2 aromatic carbocycles. The molecule has 0 radical (unpaired) electrons. The van der Waals surface area contributed by atoms with Crippen LogP contribution in [0.3, 0.4) is 0 Å². The predicted molar refractivity (Wildman–Crippen MR) is 121 cm³/mol. The van der Waals surface area contributed by atoms with Crippen LogP contribution in [0.5, 0.6) is 0 Å². The first-order valence-corrected chi connectivity index (χ1v) is 11.2. The average Bonchev–Trinajstić information content (AvgIpc) is 3.39. The van der Waals surface area contributed by atoms with Gasteiger partial charge in [-0.1, -0.05) is 24.3 Å². The predicted octanol–water partition coefficient (Wildman–Crippen LogP) is 5.61. The van der Waals surface area contributed by atoms with Crippen LogP contribution in [0.2, 0.25) is 0 Å². The number of amides is 1. The standard InChI is InChI=1S/C25H21F6N5O/c1-14-11-17(5-6-18(14)12-32)15(2)33-22(37)20-21(25(29,30)31)34-36-10-9-35(23(20)36)13-16-3-7-19(8-4-16)24(26,27)28/h3-8,11,15H,9-10,13H2,1-2H3,(H,33,37)/t15-/m0/s1. The van der Waals surface area contributed by atoms with Gasteiger partial charge in [0.1, 0.15) is 11.4 Å². The lowest BCUT2D eigenvalue weighted by atomic mass is 10.0. The molecule has 1 aliphatic rings. The molecule has 1 aliphatic heterocycles. The van der Waals surface area contributed by atoms with E-state index in [1.165, 1.54) is 17.0 Å². The van der Waals surface area contributed by atoms with Gasteiger partial charge in [0.25, 0.3) is 5.91 Å². The smallest absolute Gasteiger partial charge is 0.350 e. The second kappa shape index (κ2) is 9.46. The number of rotatable bonds is 5. The van der Waals surface area contributed by atoms with E-state index >= 15 is 0 Å². The molecule has 1 atom stereocenters. The molecule has 0 bridgehead atoms. The second-order valence-corrected chi connectivity index (χ2v) is 8.77. The van der Waals surface area contributed by atoms with Gasteiger partial charge in [-0.05, 0) is 48.7 Å². The Hall–Kier alpha value is -4.01. The molecule has 6 nitrogen and oxygen atoms in total. The molecule has 3 aromatic rings. The van der Waals surface area contributed by atoms with E-state index in [0.717, 1.165) is 16.8 Å². The molecule has 0 saturated carbocycles. The zero-order chi connectivity index (χ0) is 27.1. The SMILES string of the molecule is Cc1cc([C@H](C)NC(=O)c2c(C(F)(F)F)nn3c2N(Cc2ccc(C(F)(F)F)cc2)CC3)ccc1C#N. The number of aryl methyl sites for hydroxylation is 1. The number of halogens is 6. The fourth-order valence-electron chi connectivity index (χ4n) is 4.27. The third-order valence-corrected chi connectivity index (χ3v) is 6.18. The van der Waals surface area contributed by atoms with Crippen molar-refractivity contribution in [2.45, 2.75) is 45.3 Å². The minimum atomic E-state index is -4.90. The Morgan fingerprint density at radius 3 is 2.32 bits per heavy atom. The maximum Gasteiger partial charge on any atom is 0.436 e. The van der Waals surface area contributed by atoms with Crippen LogP contribution >= 0.6 is 0 Å². The van der Waals surface area contributed by atoms with Gasteiger partial charge in [-0.2, -0.15) is 36.7 Å². The molecule has 0 saturated heterocycles. The number of nitrogens with zero attached hydrogens (tertiary/aromatic N) is 4. The van der Waals surface area contributed by atoms with Crippen molar-refractivity contribution in [1.82, 2.24) is 15.1 Å². The van der Waals surface area contributed by atoms with Crippen molar-refractivity contribution >= 4 is 11.7 Å². The number of alkyl halides is 6. The lowest BCUT2D eigenvalue weighted by molar-refractivity contribution is -0.142. The van der Waals surface area contributed by atoms with E-state index in [4.69, 9.17) is 5.26 Å². The zero-order valence-corrected chi connectivity index (χ0v) is 19.7. The van der Waals surface area contributed by atoms with Crippen molar-refractivity contribution in [3.05, 3.63) is 81.5 Å². The number of benzene rings is 2. The molecule has 194 valence electrons. The quantitative estimate of drug-likeness (QED) is 0.443. The minimum absolute atomic E-state index is 0.00816. The first-order valence-electron chi connectivity index (χ1n) is 11.2. The first-order chi connectivity index (χ1) is 17.3. The van der Waals surface area contributed by atoms with E-state index in [9.17, 15) is 31.1 Å². The lowest BCUT2D eigenvalue weighted by Gasteiger charge is -2.21. The molecule has 37 heavy (non-hydrogen) atoms. The van der Waals surface area contributed by atoms with E-state index in [1.54, 1.807) is 32.0 Å². The highest BCUT2D eigenvalue weighted by molar-refractivity contribution is 6.01. The van der Waals surface area contributed by atoms with E-state index in [2.05, 4.69) is 10.4 Å². The highest BCUT2D eigenvalue weighted by Gasteiger charge is 2.44. The van der Waals surface area contributed by atoms with Gasteiger partial charge in [0, 0.05) is 13.1 Å². The summed E-state index contributed by atoms with van der Waals surface area (Å²) in [5, 5.41) is 15.3. The molecule has 0 aliphatic carbocycles. The van der Waals surface area contributed by atoms with Crippen LogP contribution in [-0.2, 0) is 25.4 Å². The van der Waals surface area contributed by atoms with Crippen LogP contribution in [0.25, 0.3) is 0 Å². The van der Waals surface area contributed by atoms with Crippen LogP contribution in [0.4, 0.5) is 32.2 Å². The highest BCUT2D eigenvalue weighted by Crippen LogP contribution is 2.39. The van der Waals surface area contributed by atoms with Crippen molar-refractivity contribution < 1.29 is 31.1 Å². The fraction of sp³-hybridized carbons (Fsp3) is 0.320. The van der Waals surface area contributed by atoms with Crippen molar-refractivity contribution in [1.29, 1.82) is 5.26 Å². The third-order valence-electron chi connectivity index (χ3n) is 6.18. The fourth-order valence-corrected chi connectivity index (χ4v) is 4.27. The monoisotopic (exact) mass is 521 g/mol. The summed E-state index contributed by atoms with van der Waals surface area (Å²) >= 11 is 0. The summed E-state index contributed by atoms with van der Waals surface area (Å²) < 4.78 is 81.3. The van der Waals surface area contributed by atoms with Crippen molar-refractivity contribution in [2.24, 2.45) is 0 Å². The Morgan fingerprint density at radius 1 is 1.08 bits per heavy atom. The Bertz CT molecular complexity index is 1370. The van der Waals surface area contributed by atoms with Gasteiger partial charge in [-0.25, -0.2) is 4.68 Å².